The number of aromatic nitrogens is 4. The van der Waals surface area contributed by atoms with Crippen molar-refractivity contribution >= 4 is 38.7 Å². The summed E-state index contributed by atoms with van der Waals surface area (Å²) in [5.41, 5.74) is 1.84. The van der Waals surface area contributed by atoms with Crippen LogP contribution in [0.15, 0.2) is 34.7 Å². The molecule has 1 atom stereocenters. The third kappa shape index (κ3) is 4.74. The number of sulfone groups is 1. The summed E-state index contributed by atoms with van der Waals surface area (Å²) in [5.74, 6) is 1.10. The number of hydrogen-bond donors (Lipinski definition) is 2. The second-order valence-corrected chi connectivity index (χ2v) is 13.7. The Morgan fingerprint density at radius 1 is 1.16 bits per heavy atom. The summed E-state index contributed by atoms with van der Waals surface area (Å²) in [6.45, 7) is 5.57. The molecule has 1 aliphatic heterocycles. The monoisotopic (exact) mass is 555 g/mol. The predicted molar refractivity (Wildman–Crippen MR) is 143 cm³/mol. The van der Waals surface area contributed by atoms with Crippen LogP contribution in [0.3, 0.4) is 0 Å². The van der Waals surface area contributed by atoms with Gasteiger partial charge in [-0.15, -0.1) is 10.2 Å². The van der Waals surface area contributed by atoms with Gasteiger partial charge in [0.25, 0.3) is 0 Å². The number of morpholine rings is 1. The molecule has 3 aliphatic rings. The summed E-state index contributed by atoms with van der Waals surface area (Å²) >= 11 is 1.08. The molecule has 0 unspecified atom stereocenters. The highest BCUT2D eigenvalue weighted by atomic mass is 32.2. The molecule has 2 saturated carbocycles. The minimum absolute atomic E-state index is 0.0221. The number of nitrogens with one attached hydrogen (secondary N) is 2. The maximum absolute atomic E-state index is 13.7. The van der Waals surface area contributed by atoms with Crippen LogP contribution in [-0.2, 0) is 19.3 Å². The average molecular weight is 556 g/mol. The first-order valence-corrected chi connectivity index (χ1v) is 15.0. The molecule has 3 heterocycles. The molecule has 3 aromatic rings. The molecule has 0 spiro atoms. The quantitative estimate of drug-likeness (QED) is 0.449. The SMILES string of the molecule is Cc1nnc(S(=O)(=O)C2(c3cc(N4CCOC[C@@H]4C)nc(-c4ccc(NC(=O)NC5CC5)cc4)n3)CC2)s1. The molecule has 6 rings (SSSR count). The molecule has 3 fully saturated rings. The van der Waals surface area contributed by atoms with Crippen molar-refractivity contribution in [2.75, 3.05) is 30.0 Å². The summed E-state index contributed by atoms with van der Waals surface area (Å²) in [6, 6.07) is 9.18. The Labute approximate surface area is 225 Å². The van der Waals surface area contributed by atoms with Gasteiger partial charge in [0.05, 0.1) is 24.9 Å². The Bertz CT molecular complexity index is 1470. The third-order valence-electron chi connectivity index (χ3n) is 7.11. The Morgan fingerprint density at radius 2 is 1.92 bits per heavy atom. The molecule has 13 heteroatoms. The molecule has 0 bridgehead atoms. The Hall–Kier alpha value is -3.16. The minimum Gasteiger partial charge on any atom is -0.377 e. The van der Waals surface area contributed by atoms with E-state index in [1.165, 1.54) is 0 Å². The lowest BCUT2D eigenvalue weighted by Gasteiger charge is -2.34. The lowest BCUT2D eigenvalue weighted by molar-refractivity contribution is 0.0985. The second kappa shape index (κ2) is 9.54. The highest BCUT2D eigenvalue weighted by molar-refractivity contribution is 7.94. The number of hydrogen-bond acceptors (Lipinski definition) is 10. The molecular weight excluding hydrogens is 526 g/mol. The molecule has 2 amide bonds. The van der Waals surface area contributed by atoms with E-state index in [1.807, 2.05) is 18.2 Å². The standard InChI is InChI=1S/C25H29N7O4S2/c1-15-14-36-12-11-32(15)21-13-20(25(9-10-25)38(34,35)24-31-30-16(2)37-24)28-22(29-21)17-3-5-18(6-4-17)26-23(33)27-19-7-8-19/h3-6,13,15,19H,7-12,14H2,1-2H3,(H2,26,27,33)/t15-/m0/s1. The molecule has 1 aromatic carbocycles. The highest BCUT2D eigenvalue weighted by Gasteiger charge is 2.59. The summed E-state index contributed by atoms with van der Waals surface area (Å²) in [5, 5.41) is 14.2. The maximum atomic E-state index is 13.7. The third-order valence-corrected chi connectivity index (χ3v) is 10.8. The van der Waals surface area contributed by atoms with Crippen LogP contribution in [0.2, 0.25) is 0 Å². The summed E-state index contributed by atoms with van der Waals surface area (Å²) in [7, 11) is -3.79. The van der Waals surface area contributed by atoms with Crippen molar-refractivity contribution in [3.05, 3.63) is 41.0 Å². The highest BCUT2D eigenvalue weighted by Crippen LogP contribution is 2.55. The number of carbonyl (C=O) groups excluding carboxylic acids is 1. The fourth-order valence-corrected chi connectivity index (χ4v) is 7.82. The van der Waals surface area contributed by atoms with Gasteiger partial charge in [-0.3, -0.25) is 0 Å². The van der Waals surface area contributed by atoms with Gasteiger partial charge in [-0.25, -0.2) is 23.2 Å². The molecule has 1 saturated heterocycles. The first-order valence-electron chi connectivity index (χ1n) is 12.7. The maximum Gasteiger partial charge on any atom is 0.319 e. The smallest absolute Gasteiger partial charge is 0.319 e. The zero-order valence-electron chi connectivity index (χ0n) is 21.2. The van der Waals surface area contributed by atoms with Gasteiger partial charge in [0.2, 0.25) is 14.2 Å². The van der Waals surface area contributed by atoms with Gasteiger partial charge in [-0.1, -0.05) is 11.3 Å². The summed E-state index contributed by atoms with van der Waals surface area (Å²) < 4.78 is 31.9. The number of amides is 2. The second-order valence-electron chi connectivity index (χ2n) is 10.1. The van der Waals surface area contributed by atoms with Crippen molar-refractivity contribution in [3.63, 3.8) is 0 Å². The Morgan fingerprint density at radius 3 is 2.55 bits per heavy atom. The van der Waals surface area contributed by atoms with Crippen molar-refractivity contribution in [2.45, 2.75) is 60.7 Å². The van der Waals surface area contributed by atoms with Gasteiger partial charge in [0.1, 0.15) is 15.6 Å². The van der Waals surface area contributed by atoms with E-state index in [2.05, 4.69) is 32.7 Å². The molecular formula is C25H29N7O4S2. The van der Waals surface area contributed by atoms with Gasteiger partial charge in [-0.2, -0.15) is 0 Å². The Kier molecular flexibility index (Phi) is 6.31. The molecule has 2 aliphatic carbocycles. The van der Waals surface area contributed by atoms with Crippen molar-refractivity contribution in [2.24, 2.45) is 0 Å². The van der Waals surface area contributed by atoms with E-state index in [4.69, 9.17) is 14.7 Å². The largest absolute Gasteiger partial charge is 0.377 e. The fourth-order valence-electron chi connectivity index (χ4n) is 4.62. The van der Waals surface area contributed by atoms with E-state index in [-0.39, 0.29) is 22.5 Å². The molecule has 2 aromatic heterocycles. The summed E-state index contributed by atoms with van der Waals surface area (Å²) in [6.07, 6.45) is 2.95. The molecule has 0 radical (unpaired) electrons. The van der Waals surface area contributed by atoms with Crippen molar-refractivity contribution in [3.8, 4) is 11.4 Å². The lowest BCUT2D eigenvalue weighted by Crippen LogP contribution is -2.44. The van der Waals surface area contributed by atoms with Crippen molar-refractivity contribution < 1.29 is 17.9 Å². The van der Waals surface area contributed by atoms with Gasteiger partial charge in [-0.05, 0) is 63.8 Å². The Balaban J connectivity index is 1.37. The van der Waals surface area contributed by atoms with Crippen LogP contribution in [0.25, 0.3) is 11.4 Å². The van der Waals surface area contributed by atoms with E-state index < -0.39 is 14.6 Å². The predicted octanol–water partition coefficient (Wildman–Crippen LogP) is 3.28. The van der Waals surface area contributed by atoms with Gasteiger partial charge in [0, 0.05) is 29.9 Å². The zero-order chi connectivity index (χ0) is 26.5. The topological polar surface area (TPSA) is 139 Å². The van der Waals surface area contributed by atoms with Crippen LogP contribution in [0, 0.1) is 6.92 Å². The molecule has 2 N–H and O–H groups in total. The molecule has 200 valence electrons. The van der Waals surface area contributed by atoms with E-state index in [0.29, 0.717) is 60.6 Å². The van der Waals surface area contributed by atoms with Crippen molar-refractivity contribution in [1.29, 1.82) is 0 Å². The fraction of sp³-hybridized carbons (Fsp3) is 0.480. The van der Waals surface area contributed by atoms with Crippen molar-refractivity contribution in [1.82, 2.24) is 25.5 Å². The number of anilines is 2. The number of aryl methyl sites for hydroxylation is 1. The van der Waals surface area contributed by atoms with Crippen LogP contribution >= 0.6 is 11.3 Å². The molecule has 11 nitrogen and oxygen atoms in total. The van der Waals surface area contributed by atoms with Crippen LogP contribution < -0.4 is 15.5 Å². The van der Waals surface area contributed by atoms with Gasteiger partial charge in [0.15, 0.2) is 5.82 Å². The molecule has 38 heavy (non-hydrogen) atoms. The number of urea groups is 1. The first kappa shape index (κ1) is 25.1. The van der Waals surface area contributed by atoms with E-state index in [1.54, 1.807) is 19.1 Å². The van der Waals surface area contributed by atoms with Gasteiger partial charge >= 0.3 is 6.03 Å². The normalized spacial score (nSPS) is 20.7. The van der Waals surface area contributed by atoms with Crippen LogP contribution in [0.5, 0.6) is 0 Å². The van der Waals surface area contributed by atoms with Crippen LogP contribution in [0.1, 0.15) is 43.3 Å². The number of ether oxygens (including phenoxy) is 1. The van der Waals surface area contributed by atoms with Crippen LogP contribution in [0.4, 0.5) is 16.3 Å². The first-order chi connectivity index (χ1) is 18.2. The number of nitrogens with zero attached hydrogens (tertiary/aromatic N) is 5. The summed E-state index contributed by atoms with van der Waals surface area (Å²) in [4.78, 5) is 23.9. The average Bonchev–Trinajstić information content (AvgIpc) is 3.83. The lowest BCUT2D eigenvalue weighted by atomic mass is 10.1. The van der Waals surface area contributed by atoms with E-state index in [9.17, 15) is 13.2 Å². The van der Waals surface area contributed by atoms with Gasteiger partial charge < -0.3 is 20.3 Å². The minimum atomic E-state index is -3.79. The number of benzene rings is 1. The van der Waals surface area contributed by atoms with E-state index in [0.717, 1.165) is 29.7 Å². The van der Waals surface area contributed by atoms with Crippen LogP contribution in [-0.4, -0.2) is 66.5 Å². The number of rotatable bonds is 7. The zero-order valence-corrected chi connectivity index (χ0v) is 22.8. The van der Waals surface area contributed by atoms with E-state index >= 15 is 0 Å². The number of carbonyl (C=O) groups is 1.